The fraction of sp³-hybridized carbons (Fsp3) is 0.143. The Morgan fingerprint density at radius 3 is 2.20 bits per heavy atom. The zero-order chi connectivity index (χ0) is 10.8. The minimum Gasteiger partial charge on any atom is -0.399 e. The van der Waals surface area contributed by atoms with E-state index < -0.39 is 0 Å². The van der Waals surface area contributed by atoms with Crippen LogP contribution in [-0.4, -0.2) is 0 Å². The van der Waals surface area contributed by atoms with Crippen LogP contribution in [0.4, 0.5) is 5.69 Å². The zero-order valence-corrected chi connectivity index (χ0v) is 9.12. The molecule has 1 heteroatoms. The van der Waals surface area contributed by atoms with Gasteiger partial charge in [0.2, 0.25) is 0 Å². The quantitative estimate of drug-likeness (QED) is 0.695. The van der Waals surface area contributed by atoms with Gasteiger partial charge in [0.05, 0.1) is 0 Å². The highest BCUT2D eigenvalue weighted by atomic mass is 14.5. The first-order valence-corrected chi connectivity index (χ1v) is 5.10. The minimum atomic E-state index is 0.818. The van der Waals surface area contributed by atoms with Crippen molar-refractivity contribution in [2.24, 2.45) is 0 Å². The van der Waals surface area contributed by atoms with Gasteiger partial charge in [-0.25, -0.2) is 0 Å². The van der Waals surface area contributed by atoms with Crippen molar-refractivity contribution in [3.05, 3.63) is 53.6 Å². The van der Waals surface area contributed by atoms with Crippen LogP contribution in [0.5, 0.6) is 0 Å². The van der Waals surface area contributed by atoms with E-state index in [1.165, 1.54) is 22.3 Å². The average Bonchev–Trinajstić information content (AvgIpc) is 2.23. The standard InChI is InChI=1S/C14H15N/c1-10-5-3-4-6-13(10)14-9-12(15)8-7-11(14)2/h3-9H,15H2,1-2H3. The normalized spacial score (nSPS) is 10.3. The third kappa shape index (κ3) is 1.86. The maximum atomic E-state index is 5.81. The number of hydrogen-bond acceptors (Lipinski definition) is 1. The van der Waals surface area contributed by atoms with Crippen molar-refractivity contribution in [3.8, 4) is 11.1 Å². The molecule has 0 heterocycles. The molecule has 0 aliphatic heterocycles. The minimum absolute atomic E-state index is 0.818. The van der Waals surface area contributed by atoms with Gasteiger partial charge in [-0.15, -0.1) is 0 Å². The van der Waals surface area contributed by atoms with Gasteiger partial charge in [0.15, 0.2) is 0 Å². The summed E-state index contributed by atoms with van der Waals surface area (Å²) in [5.74, 6) is 0. The number of rotatable bonds is 1. The molecule has 0 aromatic heterocycles. The summed E-state index contributed by atoms with van der Waals surface area (Å²) in [6.07, 6.45) is 0. The van der Waals surface area contributed by atoms with Gasteiger partial charge in [0.1, 0.15) is 0 Å². The molecule has 0 aliphatic carbocycles. The number of nitrogen functional groups attached to an aromatic ring is 1. The molecule has 0 saturated heterocycles. The first-order valence-electron chi connectivity index (χ1n) is 5.10. The molecule has 0 atom stereocenters. The average molecular weight is 197 g/mol. The van der Waals surface area contributed by atoms with E-state index in [0.717, 1.165) is 5.69 Å². The van der Waals surface area contributed by atoms with Crippen LogP contribution in [0.15, 0.2) is 42.5 Å². The lowest BCUT2D eigenvalue weighted by atomic mass is 9.96. The second-order valence-corrected chi connectivity index (χ2v) is 3.89. The molecule has 0 bridgehead atoms. The number of hydrogen-bond donors (Lipinski definition) is 1. The van der Waals surface area contributed by atoms with Crippen molar-refractivity contribution in [2.75, 3.05) is 5.73 Å². The van der Waals surface area contributed by atoms with E-state index >= 15 is 0 Å². The van der Waals surface area contributed by atoms with Gasteiger partial charge in [-0.3, -0.25) is 0 Å². The van der Waals surface area contributed by atoms with Gasteiger partial charge in [-0.05, 0) is 48.2 Å². The summed E-state index contributed by atoms with van der Waals surface area (Å²) in [6, 6.07) is 14.4. The topological polar surface area (TPSA) is 26.0 Å². The third-order valence-corrected chi connectivity index (χ3v) is 2.70. The van der Waals surface area contributed by atoms with E-state index in [1.807, 2.05) is 12.1 Å². The lowest BCUT2D eigenvalue weighted by molar-refractivity contribution is 1.41. The Morgan fingerprint density at radius 1 is 0.800 bits per heavy atom. The summed E-state index contributed by atoms with van der Waals surface area (Å²) in [6.45, 7) is 4.24. The lowest BCUT2D eigenvalue weighted by Crippen LogP contribution is -1.90. The van der Waals surface area contributed by atoms with Gasteiger partial charge in [-0.1, -0.05) is 30.3 Å². The Hall–Kier alpha value is -1.76. The summed E-state index contributed by atoms with van der Waals surface area (Å²) >= 11 is 0. The van der Waals surface area contributed by atoms with Gasteiger partial charge in [0.25, 0.3) is 0 Å². The van der Waals surface area contributed by atoms with Crippen molar-refractivity contribution < 1.29 is 0 Å². The van der Waals surface area contributed by atoms with Gasteiger partial charge in [-0.2, -0.15) is 0 Å². The van der Waals surface area contributed by atoms with E-state index in [0.29, 0.717) is 0 Å². The van der Waals surface area contributed by atoms with Crippen molar-refractivity contribution in [1.29, 1.82) is 0 Å². The molecule has 0 spiro atoms. The summed E-state index contributed by atoms with van der Waals surface area (Å²) in [5, 5.41) is 0. The Bertz CT molecular complexity index is 486. The highest BCUT2D eigenvalue weighted by Gasteiger charge is 2.04. The van der Waals surface area contributed by atoms with Gasteiger partial charge in [0, 0.05) is 5.69 Å². The highest BCUT2D eigenvalue weighted by Crippen LogP contribution is 2.27. The van der Waals surface area contributed by atoms with E-state index in [1.54, 1.807) is 0 Å². The number of aryl methyl sites for hydroxylation is 2. The van der Waals surface area contributed by atoms with Crippen molar-refractivity contribution >= 4 is 5.69 Å². The SMILES string of the molecule is Cc1ccccc1-c1cc(N)ccc1C. The van der Waals surface area contributed by atoms with E-state index in [4.69, 9.17) is 5.73 Å². The van der Waals surface area contributed by atoms with Gasteiger partial charge < -0.3 is 5.73 Å². The van der Waals surface area contributed by atoms with Crippen molar-refractivity contribution in [2.45, 2.75) is 13.8 Å². The maximum absolute atomic E-state index is 5.81. The summed E-state index contributed by atoms with van der Waals surface area (Å²) < 4.78 is 0. The van der Waals surface area contributed by atoms with Crippen molar-refractivity contribution in [1.82, 2.24) is 0 Å². The van der Waals surface area contributed by atoms with E-state index in [9.17, 15) is 0 Å². The Balaban J connectivity index is 2.64. The molecule has 2 N–H and O–H groups in total. The summed E-state index contributed by atoms with van der Waals surface area (Å²) in [5.41, 5.74) is 11.7. The zero-order valence-electron chi connectivity index (χ0n) is 9.12. The molecule has 0 fully saturated rings. The largest absolute Gasteiger partial charge is 0.399 e. The van der Waals surface area contributed by atoms with Crippen molar-refractivity contribution in [3.63, 3.8) is 0 Å². The van der Waals surface area contributed by atoms with Crippen LogP contribution >= 0.6 is 0 Å². The fourth-order valence-electron chi connectivity index (χ4n) is 1.80. The smallest absolute Gasteiger partial charge is 0.0320 e. The number of nitrogens with two attached hydrogens (primary N) is 1. The van der Waals surface area contributed by atoms with E-state index in [2.05, 4.69) is 44.2 Å². The maximum Gasteiger partial charge on any atom is 0.0320 e. The number of anilines is 1. The predicted molar refractivity (Wildman–Crippen MR) is 65.8 cm³/mol. The van der Waals surface area contributed by atoms with Crippen LogP contribution < -0.4 is 5.73 Å². The van der Waals surface area contributed by atoms with Crippen LogP contribution in [0.2, 0.25) is 0 Å². The van der Waals surface area contributed by atoms with Crippen LogP contribution in [0.1, 0.15) is 11.1 Å². The molecule has 2 aromatic rings. The molecule has 0 aliphatic rings. The molecule has 76 valence electrons. The molecular weight excluding hydrogens is 182 g/mol. The number of benzene rings is 2. The van der Waals surface area contributed by atoms with Crippen LogP contribution in [0, 0.1) is 13.8 Å². The third-order valence-electron chi connectivity index (χ3n) is 2.70. The molecule has 15 heavy (non-hydrogen) atoms. The lowest BCUT2D eigenvalue weighted by Gasteiger charge is -2.09. The first kappa shape index (κ1) is 9.78. The highest BCUT2D eigenvalue weighted by molar-refractivity contribution is 5.73. The molecule has 0 amide bonds. The second-order valence-electron chi connectivity index (χ2n) is 3.89. The molecule has 1 nitrogen and oxygen atoms in total. The molecule has 2 rings (SSSR count). The molecule has 0 unspecified atom stereocenters. The Kier molecular flexibility index (Phi) is 2.46. The van der Waals surface area contributed by atoms with E-state index in [-0.39, 0.29) is 0 Å². The molecule has 0 radical (unpaired) electrons. The monoisotopic (exact) mass is 197 g/mol. The Labute approximate surface area is 90.6 Å². The molecular formula is C14H15N. The first-order chi connectivity index (χ1) is 7.18. The Morgan fingerprint density at radius 2 is 1.47 bits per heavy atom. The second kappa shape index (κ2) is 3.77. The van der Waals surface area contributed by atoms with Crippen LogP contribution in [-0.2, 0) is 0 Å². The van der Waals surface area contributed by atoms with Crippen LogP contribution in [0.3, 0.4) is 0 Å². The fourth-order valence-corrected chi connectivity index (χ4v) is 1.80. The predicted octanol–water partition coefficient (Wildman–Crippen LogP) is 3.55. The summed E-state index contributed by atoms with van der Waals surface area (Å²) in [4.78, 5) is 0. The summed E-state index contributed by atoms with van der Waals surface area (Å²) in [7, 11) is 0. The van der Waals surface area contributed by atoms with Crippen LogP contribution in [0.25, 0.3) is 11.1 Å². The molecule has 2 aromatic carbocycles. The molecule has 0 saturated carbocycles. The van der Waals surface area contributed by atoms with Gasteiger partial charge >= 0.3 is 0 Å².